The molecule has 124 valence electrons. The van der Waals surface area contributed by atoms with Crippen LogP contribution in [0.15, 0.2) is 12.3 Å². The Kier molecular flexibility index (Phi) is 4.82. The molecular weight excluding hydrogens is 304 g/mol. The van der Waals surface area contributed by atoms with Crippen molar-refractivity contribution in [1.82, 2.24) is 19.4 Å². The Morgan fingerprint density at radius 2 is 2.18 bits per heavy atom. The van der Waals surface area contributed by atoms with Gasteiger partial charge in [0.15, 0.2) is 0 Å². The van der Waals surface area contributed by atoms with Crippen LogP contribution in [-0.2, 0) is 21.3 Å². The van der Waals surface area contributed by atoms with Crippen molar-refractivity contribution in [3.8, 4) is 0 Å². The molecule has 1 fully saturated rings. The van der Waals surface area contributed by atoms with Gasteiger partial charge in [0, 0.05) is 45.1 Å². The number of rotatable bonds is 5. The van der Waals surface area contributed by atoms with Crippen molar-refractivity contribution in [2.75, 3.05) is 32.6 Å². The van der Waals surface area contributed by atoms with Gasteiger partial charge in [0.05, 0.1) is 18.0 Å². The van der Waals surface area contributed by atoms with Crippen molar-refractivity contribution in [2.45, 2.75) is 37.9 Å². The van der Waals surface area contributed by atoms with Gasteiger partial charge in [-0.25, -0.2) is 13.1 Å². The summed E-state index contributed by atoms with van der Waals surface area (Å²) in [4.78, 5) is 2.50. The first-order chi connectivity index (χ1) is 10.5. The van der Waals surface area contributed by atoms with Crippen LogP contribution >= 0.6 is 0 Å². The molecular formula is C14H24N4O3S. The minimum atomic E-state index is -3.13. The van der Waals surface area contributed by atoms with Crippen molar-refractivity contribution in [3.63, 3.8) is 0 Å². The van der Waals surface area contributed by atoms with Gasteiger partial charge in [0.2, 0.25) is 10.0 Å². The minimum absolute atomic E-state index is 0.218. The van der Waals surface area contributed by atoms with Crippen molar-refractivity contribution in [3.05, 3.63) is 18.0 Å². The van der Waals surface area contributed by atoms with E-state index in [1.165, 1.54) is 11.9 Å². The molecule has 2 aliphatic rings. The SMILES string of the molecule is CS(=O)(=O)NCCC1CN(C2CCOCC2)Cc2ccnn21. The topological polar surface area (TPSA) is 76.5 Å². The Morgan fingerprint density at radius 1 is 1.41 bits per heavy atom. The molecule has 8 heteroatoms. The summed E-state index contributed by atoms with van der Waals surface area (Å²) >= 11 is 0. The number of nitrogens with one attached hydrogen (secondary N) is 1. The number of fused-ring (bicyclic) bond motifs is 1. The molecule has 3 rings (SSSR count). The summed E-state index contributed by atoms with van der Waals surface area (Å²) in [5.41, 5.74) is 1.21. The first-order valence-corrected chi connectivity index (χ1v) is 9.71. The molecule has 22 heavy (non-hydrogen) atoms. The molecule has 3 heterocycles. The van der Waals surface area contributed by atoms with Gasteiger partial charge in [-0.1, -0.05) is 0 Å². The molecule has 1 saturated heterocycles. The summed E-state index contributed by atoms with van der Waals surface area (Å²) in [6.07, 6.45) is 5.92. The van der Waals surface area contributed by atoms with E-state index in [4.69, 9.17) is 4.74 Å². The molecule has 1 N–H and O–H groups in total. The fourth-order valence-corrected chi connectivity index (χ4v) is 3.86. The lowest BCUT2D eigenvalue weighted by atomic mass is 10.0. The summed E-state index contributed by atoms with van der Waals surface area (Å²) in [6, 6.07) is 2.83. The molecule has 0 saturated carbocycles. The standard InChI is InChI=1S/C14H24N4O3S/c1-22(19,20)16-7-3-14-11-17(12-4-8-21-9-5-12)10-13-2-6-15-18(13)14/h2,6,12,14,16H,3-5,7-11H2,1H3. The third-order valence-electron chi connectivity index (χ3n) is 4.46. The summed E-state index contributed by atoms with van der Waals surface area (Å²) < 4.78 is 32.5. The first-order valence-electron chi connectivity index (χ1n) is 7.82. The number of sulfonamides is 1. The van der Waals surface area contributed by atoms with Crippen molar-refractivity contribution in [2.24, 2.45) is 0 Å². The van der Waals surface area contributed by atoms with Crippen LogP contribution in [0.2, 0.25) is 0 Å². The maximum atomic E-state index is 11.2. The van der Waals surface area contributed by atoms with Crippen LogP contribution < -0.4 is 4.72 Å². The quantitative estimate of drug-likeness (QED) is 0.844. The van der Waals surface area contributed by atoms with E-state index in [2.05, 4.69) is 25.5 Å². The van der Waals surface area contributed by atoms with Gasteiger partial charge < -0.3 is 4.74 Å². The van der Waals surface area contributed by atoms with E-state index < -0.39 is 10.0 Å². The second kappa shape index (κ2) is 6.66. The molecule has 0 aromatic carbocycles. The van der Waals surface area contributed by atoms with Gasteiger partial charge in [-0.15, -0.1) is 0 Å². The first kappa shape index (κ1) is 15.9. The fourth-order valence-electron chi connectivity index (χ4n) is 3.37. The van der Waals surface area contributed by atoms with Crippen LogP contribution in [0.3, 0.4) is 0 Å². The van der Waals surface area contributed by atoms with Crippen LogP contribution in [-0.4, -0.2) is 61.7 Å². The van der Waals surface area contributed by atoms with E-state index in [1.54, 1.807) is 0 Å². The Labute approximate surface area is 131 Å². The van der Waals surface area contributed by atoms with Crippen LogP contribution in [0.4, 0.5) is 0 Å². The summed E-state index contributed by atoms with van der Waals surface area (Å²) in [7, 11) is -3.13. The van der Waals surface area contributed by atoms with Crippen molar-refractivity contribution < 1.29 is 13.2 Å². The Morgan fingerprint density at radius 3 is 2.91 bits per heavy atom. The summed E-state index contributed by atoms with van der Waals surface area (Å²) in [5.74, 6) is 0. The van der Waals surface area contributed by atoms with Crippen molar-refractivity contribution in [1.29, 1.82) is 0 Å². The van der Waals surface area contributed by atoms with Crippen LogP contribution in [0.25, 0.3) is 0 Å². The maximum Gasteiger partial charge on any atom is 0.208 e. The van der Waals surface area contributed by atoms with E-state index >= 15 is 0 Å². The zero-order valence-corrected chi connectivity index (χ0v) is 13.8. The summed E-state index contributed by atoms with van der Waals surface area (Å²) in [5, 5.41) is 4.42. The molecule has 0 amide bonds. The van der Waals surface area contributed by atoms with Gasteiger partial charge in [-0.3, -0.25) is 9.58 Å². The van der Waals surface area contributed by atoms with Gasteiger partial charge >= 0.3 is 0 Å². The monoisotopic (exact) mass is 328 g/mol. The average molecular weight is 328 g/mol. The predicted octanol–water partition coefficient (Wildman–Crippen LogP) is 0.358. The zero-order chi connectivity index (χ0) is 15.6. The average Bonchev–Trinajstić information content (AvgIpc) is 2.95. The smallest absolute Gasteiger partial charge is 0.208 e. The minimum Gasteiger partial charge on any atom is -0.381 e. The largest absolute Gasteiger partial charge is 0.381 e. The Bertz CT molecular complexity index is 595. The molecule has 1 aromatic heterocycles. The lowest BCUT2D eigenvalue weighted by Crippen LogP contribution is -2.46. The number of aromatic nitrogens is 2. The van der Waals surface area contributed by atoms with Gasteiger partial charge in [-0.2, -0.15) is 5.10 Å². The molecule has 2 aliphatic heterocycles. The highest BCUT2D eigenvalue weighted by molar-refractivity contribution is 7.88. The van der Waals surface area contributed by atoms with Crippen LogP contribution in [0.1, 0.15) is 31.0 Å². The van der Waals surface area contributed by atoms with Gasteiger partial charge in [-0.05, 0) is 25.3 Å². The molecule has 0 spiro atoms. The lowest BCUT2D eigenvalue weighted by Gasteiger charge is -2.40. The van der Waals surface area contributed by atoms with Crippen LogP contribution in [0, 0.1) is 0 Å². The number of hydrogen-bond acceptors (Lipinski definition) is 5. The van der Waals surface area contributed by atoms with Gasteiger partial charge in [0.1, 0.15) is 0 Å². The van der Waals surface area contributed by atoms with E-state index in [-0.39, 0.29) is 6.04 Å². The van der Waals surface area contributed by atoms with E-state index in [9.17, 15) is 8.42 Å². The van der Waals surface area contributed by atoms with E-state index in [1.807, 2.05) is 6.20 Å². The predicted molar refractivity (Wildman–Crippen MR) is 83.0 cm³/mol. The molecule has 0 bridgehead atoms. The van der Waals surface area contributed by atoms with Crippen LogP contribution in [0.5, 0.6) is 0 Å². The second-order valence-corrected chi connectivity index (χ2v) is 7.98. The molecule has 1 unspecified atom stereocenters. The molecule has 1 aromatic rings. The molecule has 0 radical (unpaired) electrons. The maximum absolute atomic E-state index is 11.2. The number of ether oxygens (including phenoxy) is 1. The third kappa shape index (κ3) is 3.87. The Balaban J connectivity index is 1.66. The number of hydrogen-bond donors (Lipinski definition) is 1. The van der Waals surface area contributed by atoms with Gasteiger partial charge in [0.25, 0.3) is 0 Å². The molecule has 1 atom stereocenters. The van der Waals surface area contributed by atoms with E-state index in [0.717, 1.165) is 45.6 Å². The second-order valence-electron chi connectivity index (χ2n) is 6.15. The Hall–Kier alpha value is -0.960. The van der Waals surface area contributed by atoms with Crippen molar-refractivity contribution >= 4 is 10.0 Å². The lowest BCUT2D eigenvalue weighted by molar-refractivity contribution is 0.0159. The highest BCUT2D eigenvalue weighted by Crippen LogP contribution is 2.27. The number of nitrogens with zero attached hydrogens (tertiary/aromatic N) is 3. The fraction of sp³-hybridized carbons (Fsp3) is 0.786. The summed E-state index contributed by atoms with van der Waals surface area (Å²) in [6.45, 7) is 3.96. The highest BCUT2D eigenvalue weighted by atomic mass is 32.2. The molecule has 0 aliphatic carbocycles. The highest BCUT2D eigenvalue weighted by Gasteiger charge is 2.30. The molecule has 7 nitrogen and oxygen atoms in total. The van der Waals surface area contributed by atoms with E-state index in [0.29, 0.717) is 12.6 Å². The normalized spacial score (nSPS) is 24.3. The zero-order valence-electron chi connectivity index (χ0n) is 12.9. The third-order valence-corrected chi connectivity index (χ3v) is 5.19.